The summed E-state index contributed by atoms with van der Waals surface area (Å²) in [5.41, 5.74) is 13.7. The number of aromatic nitrogens is 3. The van der Waals surface area contributed by atoms with E-state index in [-0.39, 0.29) is 11.5 Å². The largest absolute Gasteiger partial charge is 0.366 e. The smallest absolute Gasteiger partial charge is 0.250 e. The van der Waals surface area contributed by atoms with Crippen LogP contribution in [0.2, 0.25) is 0 Å². The Labute approximate surface area is 123 Å². The minimum atomic E-state index is -0.485. The fraction of sp³-hybridized carbons (Fsp3) is 0.400. The maximum atomic E-state index is 11.8. The van der Waals surface area contributed by atoms with E-state index >= 15 is 0 Å². The van der Waals surface area contributed by atoms with Gasteiger partial charge in [0, 0.05) is 11.5 Å². The van der Waals surface area contributed by atoms with Crippen molar-refractivity contribution in [2.24, 2.45) is 11.5 Å². The molecule has 1 saturated carbocycles. The molecule has 6 heteroatoms. The van der Waals surface area contributed by atoms with Gasteiger partial charge in [-0.25, -0.2) is 0 Å². The van der Waals surface area contributed by atoms with Crippen LogP contribution in [0.4, 0.5) is 0 Å². The zero-order valence-corrected chi connectivity index (χ0v) is 12.0. The molecule has 2 aromatic rings. The van der Waals surface area contributed by atoms with Gasteiger partial charge in [-0.1, -0.05) is 18.6 Å². The summed E-state index contributed by atoms with van der Waals surface area (Å²) in [5, 5.41) is 8.33. The molecule has 21 heavy (non-hydrogen) atoms. The number of rotatable bonds is 3. The highest BCUT2D eigenvalue weighted by Crippen LogP contribution is 2.43. The van der Waals surface area contributed by atoms with Gasteiger partial charge in [0.15, 0.2) is 0 Å². The van der Waals surface area contributed by atoms with E-state index in [0.717, 1.165) is 24.8 Å². The predicted molar refractivity (Wildman–Crippen MR) is 79.1 cm³/mol. The Morgan fingerprint density at radius 1 is 1.38 bits per heavy atom. The maximum absolute atomic E-state index is 11.8. The van der Waals surface area contributed by atoms with E-state index in [0.29, 0.717) is 11.3 Å². The summed E-state index contributed by atoms with van der Waals surface area (Å²) in [7, 11) is 0. The molecule has 0 radical (unpaired) electrons. The minimum absolute atomic E-state index is 0.165. The van der Waals surface area contributed by atoms with Gasteiger partial charge in [0.1, 0.15) is 5.69 Å². The number of carbonyl (C=O) groups is 1. The third-order valence-electron chi connectivity index (χ3n) is 4.33. The van der Waals surface area contributed by atoms with E-state index in [1.807, 2.05) is 12.1 Å². The van der Waals surface area contributed by atoms with Gasteiger partial charge < -0.3 is 11.5 Å². The van der Waals surface area contributed by atoms with Gasteiger partial charge in [-0.15, -0.1) is 0 Å². The lowest BCUT2D eigenvalue weighted by Gasteiger charge is -2.29. The quantitative estimate of drug-likeness (QED) is 0.889. The number of hydrogen-bond donors (Lipinski definition) is 2. The van der Waals surface area contributed by atoms with Crippen molar-refractivity contribution in [3.05, 3.63) is 41.7 Å². The summed E-state index contributed by atoms with van der Waals surface area (Å²) in [4.78, 5) is 13.2. The fourth-order valence-electron chi connectivity index (χ4n) is 3.30. The number of amides is 1. The lowest BCUT2D eigenvalue weighted by molar-refractivity contribution is 0.1000. The van der Waals surface area contributed by atoms with Crippen LogP contribution in [0.25, 0.3) is 5.69 Å². The zero-order chi connectivity index (χ0) is 15.0. The van der Waals surface area contributed by atoms with Crippen molar-refractivity contribution in [2.75, 3.05) is 0 Å². The number of hydrogen-bond acceptors (Lipinski definition) is 4. The lowest BCUT2D eigenvalue weighted by atomic mass is 9.82. The molecule has 0 saturated heterocycles. The van der Waals surface area contributed by atoms with Gasteiger partial charge in [0.05, 0.1) is 18.0 Å². The Kier molecular flexibility index (Phi) is 3.25. The average molecular weight is 285 g/mol. The molecule has 1 aromatic heterocycles. The Morgan fingerprint density at radius 3 is 2.67 bits per heavy atom. The van der Waals surface area contributed by atoms with Crippen LogP contribution in [-0.2, 0) is 0 Å². The van der Waals surface area contributed by atoms with Gasteiger partial charge >= 0.3 is 0 Å². The normalized spacial score (nSPS) is 25.1. The van der Waals surface area contributed by atoms with Crippen molar-refractivity contribution in [3.63, 3.8) is 0 Å². The van der Waals surface area contributed by atoms with Gasteiger partial charge in [-0.05, 0) is 31.4 Å². The van der Waals surface area contributed by atoms with E-state index in [2.05, 4.69) is 17.1 Å². The molecule has 2 atom stereocenters. The molecule has 110 valence electrons. The lowest BCUT2D eigenvalue weighted by Crippen LogP contribution is -2.39. The van der Waals surface area contributed by atoms with Gasteiger partial charge in [-0.3, -0.25) is 4.79 Å². The second-order valence-electron chi connectivity index (χ2n) is 5.88. The van der Waals surface area contributed by atoms with Crippen LogP contribution in [0.1, 0.15) is 48.0 Å². The first-order valence-electron chi connectivity index (χ1n) is 7.09. The van der Waals surface area contributed by atoms with E-state index in [4.69, 9.17) is 11.5 Å². The first kappa shape index (κ1) is 13.8. The molecule has 3 rings (SSSR count). The van der Waals surface area contributed by atoms with Crippen LogP contribution in [0.3, 0.4) is 0 Å². The van der Waals surface area contributed by atoms with Crippen LogP contribution in [0, 0.1) is 0 Å². The van der Waals surface area contributed by atoms with E-state index in [1.54, 1.807) is 18.5 Å². The molecule has 0 bridgehead atoms. The summed E-state index contributed by atoms with van der Waals surface area (Å²) in [6, 6.07) is 5.54. The van der Waals surface area contributed by atoms with Crippen molar-refractivity contribution in [1.82, 2.24) is 15.0 Å². The number of nitrogens with two attached hydrogens (primary N) is 2. The molecule has 1 aliphatic carbocycles. The number of para-hydroxylation sites is 1. The molecule has 1 heterocycles. The van der Waals surface area contributed by atoms with Gasteiger partial charge in [-0.2, -0.15) is 15.0 Å². The highest BCUT2D eigenvalue weighted by Gasteiger charge is 2.38. The van der Waals surface area contributed by atoms with E-state index < -0.39 is 5.91 Å². The third kappa shape index (κ3) is 2.31. The van der Waals surface area contributed by atoms with Crippen molar-refractivity contribution in [1.29, 1.82) is 0 Å². The highest BCUT2D eigenvalue weighted by atomic mass is 16.1. The first-order chi connectivity index (χ1) is 10.0. The molecule has 1 aliphatic rings. The molecule has 0 spiro atoms. The van der Waals surface area contributed by atoms with Crippen LogP contribution in [0.15, 0.2) is 30.6 Å². The van der Waals surface area contributed by atoms with Gasteiger partial charge in [0.25, 0.3) is 5.91 Å². The molecule has 6 nitrogen and oxygen atoms in total. The van der Waals surface area contributed by atoms with Crippen molar-refractivity contribution in [2.45, 2.75) is 37.6 Å². The van der Waals surface area contributed by atoms with Crippen LogP contribution < -0.4 is 11.5 Å². The maximum Gasteiger partial charge on any atom is 0.250 e. The molecule has 0 aliphatic heterocycles. The zero-order valence-electron chi connectivity index (χ0n) is 12.0. The summed E-state index contributed by atoms with van der Waals surface area (Å²) in [6.07, 6.45) is 6.19. The molecular formula is C15H19N5O. The SMILES string of the molecule is CC1(N)CCCC1c1cccc(C(N)=O)c1-n1nccn1. The van der Waals surface area contributed by atoms with Crippen molar-refractivity contribution >= 4 is 5.91 Å². The molecule has 1 fully saturated rings. The van der Waals surface area contributed by atoms with Crippen molar-refractivity contribution in [3.8, 4) is 5.69 Å². The molecular weight excluding hydrogens is 266 g/mol. The Hall–Kier alpha value is -2.21. The molecule has 2 unspecified atom stereocenters. The Bertz CT molecular complexity index is 663. The van der Waals surface area contributed by atoms with Crippen LogP contribution in [0.5, 0.6) is 0 Å². The first-order valence-corrected chi connectivity index (χ1v) is 7.09. The third-order valence-corrected chi connectivity index (χ3v) is 4.33. The fourth-order valence-corrected chi connectivity index (χ4v) is 3.30. The number of nitrogens with zero attached hydrogens (tertiary/aromatic N) is 3. The summed E-state index contributed by atoms with van der Waals surface area (Å²) >= 11 is 0. The monoisotopic (exact) mass is 285 g/mol. The molecule has 1 aromatic carbocycles. The summed E-state index contributed by atoms with van der Waals surface area (Å²) in [6.45, 7) is 2.06. The Balaban J connectivity index is 2.21. The molecule has 1 amide bonds. The summed E-state index contributed by atoms with van der Waals surface area (Å²) < 4.78 is 0. The van der Waals surface area contributed by atoms with E-state index in [9.17, 15) is 4.79 Å². The predicted octanol–water partition coefficient (Wildman–Crippen LogP) is 1.35. The minimum Gasteiger partial charge on any atom is -0.366 e. The van der Waals surface area contributed by atoms with Gasteiger partial charge in [0.2, 0.25) is 0 Å². The van der Waals surface area contributed by atoms with Crippen LogP contribution in [-0.4, -0.2) is 26.4 Å². The number of benzene rings is 1. The number of carbonyl (C=O) groups excluding carboxylic acids is 1. The van der Waals surface area contributed by atoms with Crippen molar-refractivity contribution < 1.29 is 4.79 Å². The van der Waals surface area contributed by atoms with Crippen LogP contribution >= 0.6 is 0 Å². The standard InChI is InChI=1S/C15H19N5O/c1-15(17)7-3-6-12(15)10-4-2-5-11(14(16)21)13(10)20-18-8-9-19-20/h2,4-5,8-9,12H,3,6-7,17H2,1H3,(H2,16,21). The Morgan fingerprint density at radius 2 is 2.10 bits per heavy atom. The average Bonchev–Trinajstić information content (AvgIpc) is 3.06. The van der Waals surface area contributed by atoms with E-state index in [1.165, 1.54) is 4.80 Å². The second-order valence-corrected chi connectivity index (χ2v) is 5.88. The summed E-state index contributed by atoms with van der Waals surface area (Å²) in [5.74, 6) is -0.321. The highest BCUT2D eigenvalue weighted by molar-refractivity contribution is 5.97. The second kappa shape index (κ2) is 4.96. The number of primary amides is 1. The molecule has 4 N–H and O–H groups in total. The topological polar surface area (TPSA) is 99.8 Å².